The van der Waals surface area contributed by atoms with Gasteiger partial charge in [-0.3, -0.25) is 37.3 Å². The minimum Gasteiger partial charge on any atom is -0.462 e. The molecule has 19 heteroatoms. The molecule has 0 bridgehead atoms. The van der Waals surface area contributed by atoms with Gasteiger partial charge in [0.2, 0.25) is 0 Å². The summed E-state index contributed by atoms with van der Waals surface area (Å²) in [6.45, 7) is 9.62. The first-order chi connectivity index (χ1) is 46.9. The first-order valence-corrected chi connectivity index (χ1v) is 43.5. The fraction of sp³-hybridized carbons (Fsp3) is 0.949. The van der Waals surface area contributed by atoms with E-state index in [1.807, 2.05) is 0 Å². The number of carbonyl (C=O) groups excluding carboxylic acids is 4. The Hall–Kier alpha value is -1.94. The van der Waals surface area contributed by atoms with Crippen LogP contribution in [0, 0.1) is 11.8 Å². The van der Waals surface area contributed by atoms with Crippen LogP contribution in [0.1, 0.15) is 408 Å². The lowest BCUT2D eigenvalue weighted by Gasteiger charge is -2.21. The maximum absolute atomic E-state index is 13.1. The first-order valence-electron chi connectivity index (χ1n) is 40.5. The molecule has 0 aromatic heterocycles. The van der Waals surface area contributed by atoms with Gasteiger partial charge < -0.3 is 33.8 Å². The molecule has 0 fully saturated rings. The maximum atomic E-state index is 13.1. The third-order valence-electron chi connectivity index (χ3n) is 18.2. The molecular formula is C78H152O17P2. The average Bonchev–Trinajstić information content (AvgIpc) is 1.07. The summed E-state index contributed by atoms with van der Waals surface area (Å²) < 4.78 is 68.6. The van der Waals surface area contributed by atoms with Gasteiger partial charge in [-0.15, -0.1) is 0 Å². The lowest BCUT2D eigenvalue weighted by Crippen LogP contribution is -2.30. The van der Waals surface area contributed by atoms with Crippen LogP contribution in [0.15, 0.2) is 0 Å². The van der Waals surface area contributed by atoms with E-state index in [1.165, 1.54) is 225 Å². The molecule has 0 aromatic rings. The number of ether oxygens (including phenoxy) is 4. The lowest BCUT2D eigenvalue weighted by atomic mass is 10.0. The molecule has 3 N–H and O–H groups in total. The van der Waals surface area contributed by atoms with Gasteiger partial charge in [0.25, 0.3) is 0 Å². The molecule has 0 aromatic carbocycles. The van der Waals surface area contributed by atoms with Crippen LogP contribution in [0.3, 0.4) is 0 Å². The molecule has 0 aliphatic heterocycles. The summed E-state index contributed by atoms with van der Waals surface area (Å²) in [4.78, 5) is 72.9. The lowest BCUT2D eigenvalue weighted by molar-refractivity contribution is -0.161. The van der Waals surface area contributed by atoms with Gasteiger partial charge in [0, 0.05) is 25.7 Å². The molecule has 2 unspecified atom stereocenters. The number of rotatable bonds is 77. The Morgan fingerprint density at radius 3 is 0.701 bits per heavy atom. The molecule has 0 amide bonds. The third kappa shape index (κ3) is 72.2. The second kappa shape index (κ2) is 69.8. The van der Waals surface area contributed by atoms with Crippen molar-refractivity contribution in [1.82, 2.24) is 0 Å². The molecule has 5 atom stereocenters. The highest BCUT2D eigenvalue weighted by molar-refractivity contribution is 7.47. The van der Waals surface area contributed by atoms with E-state index in [-0.39, 0.29) is 25.7 Å². The summed E-state index contributed by atoms with van der Waals surface area (Å²) in [7, 11) is -9.91. The minimum absolute atomic E-state index is 0.107. The van der Waals surface area contributed by atoms with Crippen LogP contribution in [0.25, 0.3) is 0 Å². The Kier molecular flexibility index (Phi) is 68.4. The van der Waals surface area contributed by atoms with Crippen LogP contribution in [0.5, 0.6) is 0 Å². The highest BCUT2D eigenvalue weighted by Crippen LogP contribution is 2.45. The van der Waals surface area contributed by atoms with E-state index < -0.39 is 97.5 Å². The highest BCUT2D eigenvalue weighted by Gasteiger charge is 2.30. The molecule has 97 heavy (non-hydrogen) atoms. The number of unbranched alkanes of at least 4 members (excludes halogenated alkanes) is 47. The van der Waals surface area contributed by atoms with E-state index >= 15 is 0 Å². The molecule has 0 radical (unpaired) electrons. The molecule has 0 aliphatic rings. The standard InChI is InChI=1S/C78H152O17P2/c1-7-9-11-13-15-17-19-20-21-22-23-24-25-31-38-44-50-56-62-77(82)94-74(67-89-76(81)61-55-49-43-37-32-26-29-34-40-46-52-58-70(3)4)69-93-97(86,87)91-65-72(79)64-90-96(84,85)92-68-73(66-88-75(80)60-54-48-42-36-28-18-16-14-12-10-8-2)95-78(83)63-57-51-45-39-33-27-30-35-41-47-53-59-71(5)6/h70-74,79H,7-69H2,1-6H3,(H,84,85)(H,86,87)/t72-,73+,74+/m0/s1. The predicted octanol–water partition coefficient (Wildman–Crippen LogP) is 23.1. The molecule has 0 heterocycles. The Bertz CT molecular complexity index is 1870. The Balaban J connectivity index is 5.25. The van der Waals surface area contributed by atoms with Crippen molar-refractivity contribution in [3.8, 4) is 0 Å². The predicted molar refractivity (Wildman–Crippen MR) is 395 cm³/mol. The Labute approximate surface area is 594 Å². The number of carbonyl (C=O) groups is 4. The molecule has 576 valence electrons. The van der Waals surface area contributed by atoms with E-state index in [0.717, 1.165) is 102 Å². The third-order valence-corrected chi connectivity index (χ3v) is 20.1. The van der Waals surface area contributed by atoms with Gasteiger partial charge in [0.15, 0.2) is 12.2 Å². The van der Waals surface area contributed by atoms with Crippen molar-refractivity contribution in [2.45, 2.75) is 426 Å². The van der Waals surface area contributed by atoms with E-state index in [9.17, 15) is 43.2 Å². The smallest absolute Gasteiger partial charge is 0.462 e. The highest BCUT2D eigenvalue weighted by atomic mass is 31.2. The molecule has 0 saturated carbocycles. The number of phosphoric ester groups is 2. The van der Waals surface area contributed by atoms with E-state index in [4.69, 9.17) is 37.0 Å². The van der Waals surface area contributed by atoms with E-state index in [2.05, 4.69) is 41.5 Å². The number of hydrogen-bond acceptors (Lipinski definition) is 15. The van der Waals surface area contributed by atoms with Crippen LogP contribution in [0.4, 0.5) is 0 Å². The van der Waals surface area contributed by atoms with E-state index in [1.54, 1.807) is 0 Å². The summed E-state index contributed by atoms with van der Waals surface area (Å²) in [5, 5.41) is 10.6. The van der Waals surface area contributed by atoms with Crippen molar-refractivity contribution in [1.29, 1.82) is 0 Å². The van der Waals surface area contributed by atoms with Crippen molar-refractivity contribution in [2.75, 3.05) is 39.6 Å². The van der Waals surface area contributed by atoms with Gasteiger partial charge >= 0.3 is 39.5 Å². The fourth-order valence-electron chi connectivity index (χ4n) is 12.0. The van der Waals surface area contributed by atoms with Crippen molar-refractivity contribution >= 4 is 39.5 Å². The Morgan fingerprint density at radius 2 is 0.474 bits per heavy atom. The van der Waals surface area contributed by atoms with Crippen LogP contribution in [0.2, 0.25) is 0 Å². The zero-order chi connectivity index (χ0) is 71.4. The van der Waals surface area contributed by atoms with Crippen molar-refractivity contribution in [3.05, 3.63) is 0 Å². The number of esters is 4. The Morgan fingerprint density at radius 1 is 0.278 bits per heavy atom. The average molecular weight is 1420 g/mol. The van der Waals surface area contributed by atoms with Crippen LogP contribution < -0.4 is 0 Å². The quantitative estimate of drug-likeness (QED) is 0.0222. The molecule has 0 saturated heterocycles. The van der Waals surface area contributed by atoms with Gasteiger partial charge in [0.1, 0.15) is 19.3 Å². The summed E-state index contributed by atoms with van der Waals surface area (Å²) in [6.07, 6.45) is 58.1. The minimum atomic E-state index is -4.96. The topological polar surface area (TPSA) is 237 Å². The summed E-state index contributed by atoms with van der Waals surface area (Å²) in [5.74, 6) is -0.575. The molecule has 0 rings (SSSR count). The second-order valence-electron chi connectivity index (χ2n) is 29.1. The molecule has 17 nitrogen and oxygen atoms in total. The monoisotopic (exact) mass is 1420 g/mol. The number of aliphatic hydroxyl groups excluding tert-OH is 1. The zero-order valence-corrected chi connectivity index (χ0v) is 65.2. The zero-order valence-electron chi connectivity index (χ0n) is 63.4. The number of phosphoric acid groups is 2. The van der Waals surface area contributed by atoms with Gasteiger partial charge in [-0.2, -0.15) is 0 Å². The maximum Gasteiger partial charge on any atom is 0.472 e. The molecule has 0 aliphatic carbocycles. The largest absolute Gasteiger partial charge is 0.472 e. The summed E-state index contributed by atoms with van der Waals surface area (Å²) in [5.41, 5.74) is 0. The van der Waals surface area contributed by atoms with Crippen molar-refractivity contribution in [3.63, 3.8) is 0 Å². The van der Waals surface area contributed by atoms with Crippen LogP contribution in [-0.4, -0.2) is 96.7 Å². The molecule has 0 spiro atoms. The van der Waals surface area contributed by atoms with Crippen LogP contribution in [-0.2, 0) is 65.4 Å². The second-order valence-corrected chi connectivity index (χ2v) is 32.0. The van der Waals surface area contributed by atoms with Gasteiger partial charge in [0.05, 0.1) is 26.4 Å². The SMILES string of the molecule is CCCCCCCCCCCCCCCCCCCCC(=O)O[C@H](COC(=O)CCCCCCCCCCCCCC(C)C)COP(=O)(O)OC[C@@H](O)COP(=O)(O)OC[C@@H](COC(=O)CCCCCCCCCCCCC)OC(=O)CCCCCCCCCCCCCC(C)C. The fourth-order valence-corrected chi connectivity index (χ4v) is 13.6. The van der Waals surface area contributed by atoms with Gasteiger partial charge in [-0.05, 0) is 37.5 Å². The van der Waals surface area contributed by atoms with Gasteiger partial charge in [-0.1, -0.05) is 356 Å². The normalized spacial score (nSPS) is 14.0. The molecular weight excluding hydrogens is 1270 g/mol. The van der Waals surface area contributed by atoms with Crippen molar-refractivity contribution in [2.24, 2.45) is 11.8 Å². The van der Waals surface area contributed by atoms with E-state index in [0.29, 0.717) is 25.7 Å². The number of aliphatic hydroxyl groups is 1. The summed E-state index contributed by atoms with van der Waals surface area (Å²) >= 11 is 0. The van der Waals surface area contributed by atoms with Crippen LogP contribution >= 0.6 is 15.6 Å². The number of hydrogen-bond donors (Lipinski definition) is 3. The van der Waals surface area contributed by atoms with Crippen molar-refractivity contribution < 1.29 is 80.2 Å². The van der Waals surface area contributed by atoms with Gasteiger partial charge in [-0.25, -0.2) is 9.13 Å². The first kappa shape index (κ1) is 95.1. The summed E-state index contributed by atoms with van der Waals surface area (Å²) in [6, 6.07) is 0.